The molecule has 13 nitrogen and oxygen atoms in total. The van der Waals surface area contributed by atoms with Crippen LogP contribution in [0.15, 0.2) is 66.9 Å². The van der Waals surface area contributed by atoms with Crippen LogP contribution in [0, 0.1) is 5.41 Å². The van der Waals surface area contributed by atoms with E-state index in [0.717, 1.165) is 22.3 Å². The third-order valence-corrected chi connectivity index (χ3v) is 11.4. The van der Waals surface area contributed by atoms with Crippen molar-refractivity contribution in [1.29, 1.82) is 0 Å². The molecular formula is C42H50N6O7. The van der Waals surface area contributed by atoms with Gasteiger partial charge in [-0.15, -0.1) is 0 Å². The number of benzene rings is 2. The Morgan fingerprint density at radius 2 is 1.69 bits per heavy atom. The second-order valence-electron chi connectivity index (χ2n) is 16.6. The second-order valence-corrected chi connectivity index (χ2v) is 16.6. The van der Waals surface area contributed by atoms with Gasteiger partial charge in [0.05, 0.1) is 11.5 Å². The Hall–Kier alpha value is -5.46. The SMILES string of the molecule is CC(C)(C)OC(=O)N1CCC[C@H](N(CC(=O)Nc2ccc3c(c2)C[C@@]2(C3)C(=O)Nc3ncccc32)C(=O)C2(C)CCN(C(=O)OCc3ccccc3)CC2)C1. The predicted molar refractivity (Wildman–Crippen MR) is 205 cm³/mol. The Labute approximate surface area is 321 Å². The van der Waals surface area contributed by atoms with E-state index in [1.54, 1.807) is 20.9 Å². The van der Waals surface area contributed by atoms with E-state index in [0.29, 0.717) is 69.7 Å². The maximum absolute atomic E-state index is 14.7. The van der Waals surface area contributed by atoms with Crippen LogP contribution in [-0.2, 0) is 48.7 Å². The van der Waals surface area contributed by atoms with Crippen LogP contribution in [0.2, 0.25) is 0 Å². The number of amides is 5. The summed E-state index contributed by atoms with van der Waals surface area (Å²) in [6.45, 7) is 8.68. The van der Waals surface area contributed by atoms with Crippen molar-refractivity contribution in [2.24, 2.45) is 5.41 Å². The molecular weight excluding hydrogens is 700 g/mol. The molecule has 3 aromatic rings. The average Bonchev–Trinajstić information content (AvgIpc) is 3.68. The molecule has 0 unspecified atom stereocenters. The number of carbonyl (C=O) groups excluding carboxylic acids is 5. The van der Waals surface area contributed by atoms with E-state index in [4.69, 9.17) is 9.47 Å². The van der Waals surface area contributed by atoms with E-state index < -0.39 is 34.7 Å². The minimum absolute atomic E-state index is 0.0755. The molecule has 2 atom stereocenters. The number of piperidine rings is 2. The van der Waals surface area contributed by atoms with Gasteiger partial charge in [0.15, 0.2) is 0 Å². The lowest BCUT2D eigenvalue weighted by molar-refractivity contribution is -0.149. The first-order chi connectivity index (χ1) is 26.2. The predicted octanol–water partition coefficient (Wildman–Crippen LogP) is 5.68. The number of pyridine rings is 1. The van der Waals surface area contributed by atoms with E-state index in [-0.39, 0.29) is 37.4 Å². The van der Waals surface area contributed by atoms with Crippen LogP contribution in [0.25, 0.3) is 0 Å². The van der Waals surface area contributed by atoms with Crippen molar-refractivity contribution >= 4 is 41.4 Å². The Morgan fingerprint density at radius 1 is 0.945 bits per heavy atom. The molecule has 2 N–H and O–H groups in total. The van der Waals surface area contributed by atoms with Gasteiger partial charge in [0.1, 0.15) is 24.6 Å². The van der Waals surface area contributed by atoms with Gasteiger partial charge in [0, 0.05) is 49.0 Å². The van der Waals surface area contributed by atoms with Gasteiger partial charge in [-0.25, -0.2) is 14.6 Å². The summed E-state index contributed by atoms with van der Waals surface area (Å²) in [5.74, 6) is -0.0390. The van der Waals surface area contributed by atoms with Crippen LogP contribution in [0.5, 0.6) is 0 Å². The zero-order valence-electron chi connectivity index (χ0n) is 32.1. The number of aromatic nitrogens is 1. The van der Waals surface area contributed by atoms with Gasteiger partial charge in [-0.3, -0.25) is 14.4 Å². The van der Waals surface area contributed by atoms with E-state index in [1.165, 1.54) is 0 Å². The maximum Gasteiger partial charge on any atom is 0.410 e. The lowest BCUT2D eigenvalue weighted by atomic mass is 9.78. The molecule has 1 aromatic heterocycles. The molecule has 3 aliphatic heterocycles. The smallest absolute Gasteiger partial charge is 0.410 e. The summed E-state index contributed by atoms with van der Waals surface area (Å²) in [6.07, 6.45) is 3.86. The molecule has 4 aliphatic rings. The quantitative estimate of drug-likeness (QED) is 0.314. The Balaban J connectivity index is 1.05. The van der Waals surface area contributed by atoms with Crippen molar-refractivity contribution in [3.05, 3.63) is 89.1 Å². The first-order valence-electron chi connectivity index (χ1n) is 19.2. The van der Waals surface area contributed by atoms with Crippen molar-refractivity contribution in [2.75, 3.05) is 43.4 Å². The highest BCUT2D eigenvalue weighted by atomic mass is 16.6. The summed E-state index contributed by atoms with van der Waals surface area (Å²) in [6, 6.07) is 18.5. The summed E-state index contributed by atoms with van der Waals surface area (Å²) in [4.78, 5) is 77.1. The lowest BCUT2D eigenvalue weighted by Crippen LogP contribution is -2.58. The summed E-state index contributed by atoms with van der Waals surface area (Å²) < 4.78 is 11.2. The molecule has 7 rings (SSSR count). The number of fused-ring (bicyclic) bond motifs is 3. The van der Waals surface area contributed by atoms with Gasteiger partial charge in [-0.05, 0) is 94.2 Å². The van der Waals surface area contributed by atoms with Crippen molar-refractivity contribution < 1.29 is 33.4 Å². The lowest BCUT2D eigenvalue weighted by Gasteiger charge is -2.45. The number of ether oxygens (including phenoxy) is 2. The molecule has 5 amide bonds. The first kappa shape index (κ1) is 37.8. The summed E-state index contributed by atoms with van der Waals surface area (Å²) in [7, 11) is 0. The molecule has 2 saturated heterocycles. The molecule has 290 valence electrons. The van der Waals surface area contributed by atoms with Crippen molar-refractivity contribution in [3.8, 4) is 0 Å². The van der Waals surface area contributed by atoms with Crippen LogP contribution >= 0.6 is 0 Å². The minimum atomic E-state index is -0.848. The molecule has 0 radical (unpaired) electrons. The minimum Gasteiger partial charge on any atom is -0.445 e. The number of carbonyl (C=O) groups is 5. The first-order valence-corrected chi connectivity index (χ1v) is 19.2. The highest BCUT2D eigenvalue weighted by Crippen LogP contribution is 2.47. The molecule has 2 fully saturated rings. The molecule has 2 aromatic carbocycles. The van der Waals surface area contributed by atoms with E-state index in [1.807, 2.05) is 88.4 Å². The maximum atomic E-state index is 14.7. The van der Waals surface area contributed by atoms with Gasteiger partial charge < -0.3 is 34.8 Å². The fourth-order valence-corrected chi connectivity index (χ4v) is 8.32. The third-order valence-electron chi connectivity index (χ3n) is 11.4. The second kappa shape index (κ2) is 15.0. The van der Waals surface area contributed by atoms with Crippen molar-refractivity contribution in [1.82, 2.24) is 19.7 Å². The van der Waals surface area contributed by atoms with Crippen LogP contribution in [-0.4, -0.2) is 94.0 Å². The number of hydrogen-bond acceptors (Lipinski definition) is 8. The standard InChI is InChI=1S/C42H50N6O7/c1-40(2,3)55-39(53)47-19-9-12-32(25-47)48(37(51)41(4)16-20-46(21-17-41)38(52)54-27-28-10-6-5-7-11-28)26-34(49)44-31-15-14-29-23-42(24-30(29)22-31)33-13-8-18-43-35(33)45-36(42)50/h5-8,10-11,13-15,18,22,32H,9,12,16-17,19-21,23-27H2,1-4H3,(H,44,49)(H,43,45,50)/t32-,42+/m0/s1. The number of nitrogens with one attached hydrogen (secondary N) is 2. The van der Waals surface area contributed by atoms with E-state index in [2.05, 4.69) is 15.6 Å². The number of anilines is 2. The van der Waals surface area contributed by atoms with Crippen molar-refractivity contribution in [2.45, 2.75) is 89.9 Å². The summed E-state index contributed by atoms with van der Waals surface area (Å²) in [5.41, 5.74) is 2.09. The zero-order chi connectivity index (χ0) is 39.0. The van der Waals surface area contributed by atoms with E-state index >= 15 is 0 Å². The van der Waals surface area contributed by atoms with Crippen molar-refractivity contribution in [3.63, 3.8) is 0 Å². The van der Waals surface area contributed by atoms with E-state index in [9.17, 15) is 24.0 Å². The number of nitrogens with zero attached hydrogens (tertiary/aromatic N) is 4. The normalized spacial score (nSPS) is 21.3. The molecule has 4 heterocycles. The highest BCUT2D eigenvalue weighted by molar-refractivity contribution is 6.06. The number of hydrogen-bond donors (Lipinski definition) is 2. The third kappa shape index (κ3) is 8.01. The topological polar surface area (TPSA) is 150 Å². The molecule has 13 heteroatoms. The highest BCUT2D eigenvalue weighted by Gasteiger charge is 2.51. The summed E-state index contributed by atoms with van der Waals surface area (Å²) >= 11 is 0. The Morgan fingerprint density at radius 3 is 2.44 bits per heavy atom. The Kier molecular flexibility index (Phi) is 10.3. The van der Waals surface area contributed by atoms with Crippen LogP contribution in [0.3, 0.4) is 0 Å². The molecule has 0 saturated carbocycles. The van der Waals surface area contributed by atoms with Gasteiger partial charge in [0.25, 0.3) is 0 Å². The fraction of sp³-hybridized carbons (Fsp3) is 0.476. The molecule has 55 heavy (non-hydrogen) atoms. The largest absolute Gasteiger partial charge is 0.445 e. The molecule has 1 spiro atoms. The average molecular weight is 751 g/mol. The van der Waals surface area contributed by atoms with Gasteiger partial charge in [-0.1, -0.05) is 49.4 Å². The van der Waals surface area contributed by atoms with Gasteiger partial charge >= 0.3 is 12.2 Å². The van der Waals surface area contributed by atoms with Gasteiger partial charge in [-0.2, -0.15) is 0 Å². The zero-order valence-corrected chi connectivity index (χ0v) is 32.1. The van der Waals surface area contributed by atoms with Crippen LogP contribution in [0.4, 0.5) is 21.1 Å². The van der Waals surface area contributed by atoms with Gasteiger partial charge in [0.2, 0.25) is 17.7 Å². The number of likely N-dealkylation sites (tertiary alicyclic amines) is 2. The summed E-state index contributed by atoms with van der Waals surface area (Å²) in [5, 5.41) is 5.95. The monoisotopic (exact) mass is 750 g/mol. The Bertz CT molecular complexity index is 1970. The van der Waals surface area contributed by atoms with Crippen LogP contribution < -0.4 is 10.6 Å². The fourth-order valence-electron chi connectivity index (χ4n) is 8.32. The molecule has 0 bridgehead atoms. The molecule has 1 aliphatic carbocycles. The van der Waals surface area contributed by atoms with Crippen LogP contribution in [0.1, 0.15) is 75.6 Å². The number of rotatable bonds is 7.